The van der Waals surface area contributed by atoms with E-state index in [0.29, 0.717) is 6.54 Å². The van der Waals surface area contributed by atoms with E-state index in [9.17, 15) is 5.11 Å². The van der Waals surface area contributed by atoms with Crippen LogP contribution in [0.2, 0.25) is 0 Å². The molecular formula is C19H28N2O2S. The van der Waals surface area contributed by atoms with Crippen LogP contribution in [0.5, 0.6) is 5.75 Å². The summed E-state index contributed by atoms with van der Waals surface area (Å²) in [4.78, 5) is 5.67. The first kappa shape index (κ1) is 18.9. The molecule has 0 spiro atoms. The zero-order valence-corrected chi connectivity index (χ0v) is 16.0. The molecule has 1 heterocycles. The van der Waals surface area contributed by atoms with E-state index >= 15 is 0 Å². The van der Waals surface area contributed by atoms with E-state index in [0.717, 1.165) is 22.9 Å². The number of nitrogens with zero attached hydrogens (tertiary/aromatic N) is 1. The van der Waals surface area contributed by atoms with E-state index in [2.05, 4.69) is 31.1 Å². The molecule has 0 aliphatic rings. The normalized spacial score (nSPS) is 13.3. The molecule has 0 saturated carbocycles. The first-order chi connectivity index (χ1) is 11.3. The predicted octanol–water partition coefficient (Wildman–Crippen LogP) is 4.05. The molecule has 1 aromatic heterocycles. The first-order valence-corrected chi connectivity index (χ1v) is 9.18. The lowest BCUT2D eigenvalue weighted by molar-refractivity contribution is 0.174. The summed E-state index contributed by atoms with van der Waals surface area (Å²) in [5, 5.41) is 14.7. The number of ether oxygens (including phenoxy) is 1. The van der Waals surface area contributed by atoms with E-state index in [1.54, 1.807) is 11.3 Å². The summed E-state index contributed by atoms with van der Waals surface area (Å²) in [7, 11) is 0. The number of thiazole rings is 1. The monoisotopic (exact) mass is 348 g/mol. The van der Waals surface area contributed by atoms with Gasteiger partial charge in [-0.15, -0.1) is 11.3 Å². The van der Waals surface area contributed by atoms with Crippen LogP contribution in [0.3, 0.4) is 0 Å². The Morgan fingerprint density at radius 1 is 1.21 bits per heavy atom. The van der Waals surface area contributed by atoms with Crippen molar-refractivity contribution in [3.8, 4) is 5.75 Å². The fourth-order valence-corrected chi connectivity index (χ4v) is 3.17. The first-order valence-electron chi connectivity index (χ1n) is 8.36. The van der Waals surface area contributed by atoms with Crippen molar-refractivity contribution in [2.45, 2.75) is 58.8 Å². The Balaban J connectivity index is 1.82. The molecule has 4 nitrogen and oxygen atoms in total. The van der Waals surface area contributed by atoms with Gasteiger partial charge in [-0.2, -0.15) is 0 Å². The molecule has 2 aromatic rings. The summed E-state index contributed by atoms with van der Waals surface area (Å²) in [5.41, 5.74) is 0.973. The number of aromatic nitrogens is 1. The Bertz CT molecular complexity index is 630. The van der Waals surface area contributed by atoms with Crippen LogP contribution >= 0.6 is 11.3 Å². The second kappa shape index (κ2) is 8.10. The van der Waals surface area contributed by atoms with Crippen LogP contribution in [0.15, 0.2) is 30.5 Å². The Kier molecular flexibility index (Phi) is 6.38. The second-order valence-corrected chi connectivity index (χ2v) is 8.38. The Morgan fingerprint density at radius 2 is 1.88 bits per heavy atom. The Labute approximate surface area is 148 Å². The van der Waals surface area contributed by atoms with E-state index in [1.807, 2.05) is 44.3 Å². The minimum Gasteiger partial charge on any atom is -0.491 e. The highest BCUT2D eigenvalue weighted by atomic mass is 32.1. The third-order valence-electron chi connectivity index (χ3n) is 3.47. The van der Waals surface area contributed by atoms with Gasteiger partial charge in [0.1, 0.15) is 5.75 Å². The lowest BCUT2D eigenvalue weighted by atomic mass is 9.98. The molecule has 5 heteroatoms. The van der Waals surface area contributed by atoms with Gasteiger partial charge in [-0.3, -0.25) is 0 Å². The molecule has 24 heavy (non-hydrogen) atoms. The van der Waals surface area contributed by atoms with Gasteiger partial charge in [-0.05, 0) is 31.5 Å². The number of aliphatic hydroxyl groups is 1. The maximum Gasteiger partial charge on any atom is 0.119 e. The van der Waals surface area contributed by atoms with Crippen molar-refractivity contribution in [2.75, 3.05) is 6.54 Å². The second-order valence-electron chi connectivity index (χ2n) is 7.26. The van der Waals surface area contributed by atoms with Gasteiger partial charge in [0.05, 0.1) is 17.2 Å². The smallest absolute Gasteiger partial charge is 0.119 e. The quantitative estimate of drug-likeness (QED) is 0.792. The molecule has 2 rings (SSSR count). The van der Waals surface area contributed by atoms with Crippen LogP contribution in [0.1, 0.15) is 56.2 Å². The van der Waals surface area contributed by atoms with Gasteiger partial charge in [-0.25, -0.2) is 4.98 Å². The van der Waals surface area contributed by atoms with Gasteiger partial charge >= 0.3 is 0 Å². The standard InChI is InChI=1S/C19H28N2O2S/c1-13(2)23-15-8-6-14(7-9-15)17(22)12-20-10-16-11-21-18(24-16)19(3,4)5/h6-9,11,13,17,20,22H,10,12H2,1-5H3. The summed E-state index contributed by atoms with van der Waals surface area (Å²) < 4.78 is 5.61. The molecule has 1 aromatic carbocycles. The maximum absolute atomic E-state index is 10.3. The number of rotatable bonds is 7. The van der Waals surface area contributed by atoms with Crippen molar-refractivity contribution in [2.24, 2.45) is 0 Å². The molecule has 0 radical (unpaired) electrons. The Morgan fingerprint density at radius 3 is 2.42 bits per heavy atom. The fraction of sp³-hybridized carbons (Fsp3) is 0.526. The predicted molar refractivity (Wildman–Crippen MR) is 99.7 cm³/mol. The molecule has 0 aliphatic carbocycles. The third kappa shape index (κ3) is 5.58. The summed E-state index contributed by atoms with van der Waals surface area (Å²) >= 11 is 1.72. The van der Waals surface area contributed by atoms with Crippen LogP contribution in [-0.4, -0.2) is 22.7 Å². The van der Waals surface area contributed by atoms with Crippen molar-refractivity contribution >= 4 is 11.3 Å². The molecule has 0 saturated heterocycles. The van der Waals surface area contributed by atoms with Crippen molar-refractivity contribution in [1.82, 2.24) is 10.3 Å². The van der Waals surface area contributed by atoms with E-state index < -0.39 is 6.10 Å². The average Bonchev–Trinajstić information content (AvgIpc) is 2.96. The molecular weight excluding hydrogens is 320 g/mol. The SMILES string of the molecule is CC(C)Oc1ccc(C(O)CNCc2cnc(C(C)(C)C)s2)cc1. The number of hydrogen-bond donors (Lipinski definition) is 2. The fourth-order valence-electron chi connectivity index (χ4n) is 2.23. The van der Waals surface area contributed by atoms with E-state index in [-0.39, 0.29) is 11.5 Å². The number of hydrogen-bond acceptors (Lipinski definition) is 5. The Hall–Kier alpha value is -1.43. The van der Waals surface area contributed by atoms with Gasteiger partial charge < -0.3 is 15.2 Å². The van der Waals surface area contributed by atoms with Crippen LogP contribution in [0.4, 0.5) is 0 Å². The summed E-state index contributed by atoms with van der Waals surface area (Å²) in [6.45, 7) is 11.7. The van der Waals surface area contributed by atoms with Crippen LogP contribution in [-0.2, 0) is 12.0 Å². The van der Waals surface area contributed by atoms with Crippen LogP contribution < -0.4 is 10.1 Å². The van der Waals surface area contributed by atoms with Gasteiger partial charge in [0.15, 0.2) is 0 Å². The molecule has 0 bridgehead atoms. The number of benzene rings is 1. The average molecular weight is 349 g/mol. The topological polar surface area (TPSA) is 54.4 Å². The summed E-state index contributed by atoms with van der Waals surface area (Å²) in [6.07, 6.45) is 1.54. The molecule has 0 amide bonds. The molecule has 132 valence electrons. The molecule has 1 unspecified atom stereocenters. The van der Waals surface area contributed by atoms with Crippen molar-refractivity contribution in [3.05, 3.63) is 45.9 Å². The highest BCUT2D eigenvalue weighted by Gasteiger charge is 2.18. The molecule has 1 atom stereocenters. The summed E-state index contributed by atoms with van der Waals surface area (Å²) in [6, 6.07) is 7.62. The largest absolute Gasteiger partial charge is 0.491 e. The van der Waals surface area contributed by atoms with Gasteiger partial charge in [0.25, 0.3) is 0 Å². The van der Waals surface area contributed by atoms with E-state index in [1.165, 1.54) is 4.88 Å². The zero-order chi connectivity index (χ0) is 17.7. The van der Waals surface area contributed by atoms with Crippen molar-refractivity contribution in [1.29, 1.82) is 0 Å². The molecule has 2 N–H and O–H groups in total. The minimum absolute atomic E-state index is 0.0855. The van der Waals surface area contributed by atoms with Gasteiger partial charge in [0.2, 0.25) is 0 Å². The third-order valence-corrected chi connectivity index (χ3v) is 4.89. The van der Waals surface area contributed by atoms with E-state index in [4.69, 9.17) is 4.74 Å². The molecule has 0 aliphatic heterocycles. The van der Waals surface area contributed by atoms with Gasteiger partial charge in [0, 0.05) is 29.6 Å². The highest BCUT2D eigenvalue weighted by Crippen LogP contribution is 2.26. The number of aliphatic hydroxyl groups excluding tert-OH is 1. The van der Waals surface area contributed by atoms with Crippen molar-refractivity contribution < 1.29 is 9.84 Å². The van der Waals surface area contributed by atoms with Crippen molar-refractivity contribution in [3.63, 3.8) is 0 Å². The lowest BCUT2D eigenvalue weighted by Gasteiger charge is -2.14. The zero-order valence-electron chi connectivity index (χ0n) is 15.2. The maximum atomic E-state index is 10.3. The van der Waals surface area contributed by atoms with Gasteiger partial charge in [-0.1, -0.05) is 32.9 Å². The lowest BCUT2D eigenvalue weighted by Crippen LogP contribution is -2.20. The summed E-state index contributed by atoms with van der Waals surface area (Å²) in [5.74, 6) is 0.827. The minimum atomic E-state index is -0.534. The molecule has 0 fully saturated rings. The number of nitrogens with one attached hydrogen (secondary N) is 1. The van der Waals surface area contributed by atoms with Crippen LogP contribution in [0.25, 0.3) is 0 Å². The highest BCUT2D eigenvalue weighted by molar-refractivity contribution is 7.11. The van der Waals surface area contributed by atoms with Crippen LogP contribution in [0, 0.1) is 0 Å².